The minimum absolute atomic E-state index is 0.363. The number of amides is 2. The zero-order chi connectivity index (χ0) is 26.0. The third-order valence-electron chi connectivity index (χ3n) is 6.78. The van der Waals surface area contributed by atoms with Crippen LogP contribution in [0.25, 0.3) is 0 Å². The van der Waals surface area contributed by atoms with Gasteiger partial charge in [0.05, 0.1) is 23.7 Å². The second-order valence-electron chi connectivity index (χ2n) is 8.74. The molecule has 2 aromatic rings. The zero-order valence-electron chi connectivity index (χ0n) is 18.9. The van der Waals surface area contributed by atoms with E-state index in [1.54, 1.807) is 48.5 Å². The van der Waals surface area contributed by atoms with E-state index in [4.69, 9.17) is 12.8 Å². The number of rotatable bonds is 6. The summed E-state index contributed by atoms with van der Waals surface area (Å²) >= 11 is 0. The van der Waals surface area contributed by atoms with Crippen LogP contribution in [0.2, 0.25) is 0 Å². The van der Waals surface area contributed by atoms with Gasteiger partial charge in [-0.15, -0.1) is 12.8 Å². The van der Waals surface area contributed by atoms with Gasteiger partial charge < -0.3 is 20.8 Å². The largest absolute Gasteiger partial charge is 0.481 e. The number of aliphatic carboxylic acids is 2. The molecule has 180 valence electrons. The summed E-state index contributed by atoms with van der Waals surface area (Å²) in [4.78, 5) is 51.3. The molecule has 2 amide bonds. The van der Waals surface area contributed by atoms with E-state index in [9.17, 15) is 29.4 Å². The van der Waals surface area contributed by atoms with E-state index >= 15 is 0 Å². The van der Waals surface area contributed by atoms with Crippen LogP contribution in [0.1, 0.15) is 11.1 Å². The molecule has 3 aliphatic rings. The first-order chi connectivity index (χ1) is 17.2. The number of anilines is 2. The SMILES string of the molecule is C#Cc1ccc(NC(=O)C2C3C=CC(C2C(=O)O)C(C(=O)Nc2cccc(C#C)c2)C3C(=O)O)cc1. The summed E-state index contributed by atoms with van der Waals surface area (Å²) in [7, 11) is 0. The maximum Gasteiger partial charge on any atom is 0.307 e. The van der Waals surface area contributed by atoms with Crippen molar-refractivity contribution in [2.24, 2.45) is 35.5 Å². The Kier molecular flexibility index (Phi) is 6.62. The molecule has 0 aromatic heterocycles. The molecule has 3 aliphatic carbocycles. The molecule has 4 N–H and O–H groups in total. The maximum absolute atomic E-state index is 13.3. The molecular formula is C28H22N2O6. The fourth-order valence-electron chi connectivity index (χ4n) is 5.24. The molecule has 0 aliphatic heterocycles. The monoisotopic (exact) mass is 482 g/mol. The van der Waals surface area contributed by atoms with E-state index in [0.717, 1.165) is 0 Å². The van der Waals surface area contributed by atoms with Gasteiger partial charge in [-0.3, -0.25) is 19.2 Å². The van der Waals surface area contributed by atoms with Crippen molar-refractivity contribution < 1.29 is 29.4 Å². The van der Waals surface area contributed by atoms with Crippen molar-refractivity contribution in [3.05, 3.63) is 71.8 Å². The molecule has 8 nitrogen and oxygen atoms in total. The van der Waals surface area contributed by atoms with Gasteiger partial charge >= 0.3 is 11.9 Å². The zero-order valence-corrected chi connectivity index (χ0v) is 18.9. The van der Waals surface area contributed by atoms with E-state index in [1.165, 1.54) is 12.2 Å². The van der Waals surface area contributed by atoms with Crippen LogP contribution < -0.4 is 10.6 Å². The first kappa shape index (κ1) is 24.3. The van der Waals surface area contributed by atoms with Gasteiger partial charge in [-0.2, -0.15) is 0 Å². The van der Waals surface area contributed by atoms with Crippen molar-refractivity contribution in [3.8, 4) is 24.7 Å². The summed E-state index contributed by atoms with van der Waals surface area (Å²) < 4.78 is 0. The molecule has 36 heavy (non-hydrogen) atoms. The topological polar surface area (TPSA) is 133 Å². The lowest BCUT2D eigenvalue weighted by Gasteiger charge is -2.49. The third kappa shape index (κ3) is 4.45. The molecular weight excluding hydrogens is 460 g/mol. The predicted molar refractivity (Wildman–Crippen MR) is 131 cm³/mol. The van der Waals surface area contributed by atoms with Crippen LogP contribution in [-0.4, -0.2) is 34.0 Å². The first-order valence-corrected chi connectivity index (χ1v) is 11.1. The van der Waals surface area contributed by atoms with Crippen molar-refractivity contribution in [1.29, 1.82) is 0 Å². The average Bonchev–Trinajstić information content (AvgIpc) is 2.88. The number of hydrogen-bond donors (Lipinski definition) is 4. The number of carboxylic acid groups (broad SMARTS) is 2. The molecule has 0 spiro atoms. The second-order valence-corrected chi connectivity index (χ2v) is 8.74. The maximum atomic E-state index is 13.3. The molecule has 0 radical (unpaired) electrons. The Hall–Kier alpha value is -4.82. The van der Waals surface area contributed by atoms with E-state index in [2.05, 4.69) is 22.5 Å². The number of carbonyl (C=O) groups is 4. The molecule has 0 heterocycles. The number of carbonyl (C=O) groups excluding carboxylic acids is 2. The van der Waals surface area contributed by atoms with Crippen molar-refractivity contribution in [2.45, 2.75) is 0 Å². The fourth-order valence-corrected chi connectivity index (χ4v) is 5.24. The van der Waals surface area contributed by atoms with E-state index in [-0.39, 0.29) is 0 Å². The van der Waals surface area contributed by atoms with Gasteiger partial charge in [0.25, 0.3) is 0 Å². The van der Waals surface area contributed by atoms with Gasteiger partial charge in [-0.25, -0.2) is 0 Å². The lowest BCUT2D eigenvalue weighted by atomic mass is 9.52. The number of carboxylic acids is 2. The van der Waals surface area contributed by atoms with Gasteiger partial charge in [-0.1, -0.05) is 30.1 Å². The molecule has 1 saturated carbocycles. The van der Waals surface area contributed by atoms with Crippen LogP contribution in [0.4, 0.5) is 11.4 Å². The summed E-state index contributed by atoms with van der Waals surface area (Å²) in [6.07, 6.45) is 13.8. The van der Waals surface area contributed by atoms with Crippen LogP contribution >= 0.6 is 0 Å². The number of allylic oxidation sites excluding steroid dienone is 2. The van der Waals surface area contributed by atoms with Crippen molar-refractivity contribution in [3.63, 3.8) is 0 Å². The second kappa shape index (κ2) is 9.81. The quantitative estimate of drug-likeness (QED) is 0.370. The van der Waals surface area contributed by atoms with Crippen LogP contribution in [-0.2, 0) is 19.2 Å². The highest BCUT2D eigenvalue weighted by Gasteiger charge is 2.60. The van der Waals surface area contributed by atoms with Gasteiger partial charge in [0, 0.05) is 34.3 Å². The smallest absolute Gasteiger partial charge is 0.307 e. The van der Waals surface area contributed by atoms with Gasteiger partial charge in [0.2, 0.25) is 11.8 Å². The number of nitrogens with one attached hydrogen (secondary N) is 2. The Balaban J connectivity index is 1.65. The van der Waals surface area contributed by atoms with Gasteiger partial charge in [-0.05, 0) is 42.5 Å². The Morgan fingerprint density at radius 2 is 1.17 bits per heavy atom. The standard InChI is InChI=1S/C28H22N2O6/c1-3-15-8-10-17(11-9-15)29-25(31)21-19-12-13-20(23(21)27(33)34)22(24(19)28(35)36)26(32)30-18-7-5-6-16(4-2)14-18/h1-2,5-14,19-24H,(H,29,31)(H,30,32)(H,33,34)(H,35,36). The summed E-state index contributed by atoms with van der Waals surface area (Å²) in [5.74, 6) is -5.95. The summed E-state index contributed by atoms with van der Waals surface area (Å²) in [6, 6.07) is 12.9. The summed E-state index contributed by atoms with van der Waals surface area (Å²) in [5, 5.41) is 25.5. The number of benzene rings is 2. The van der Waals surface area contributed by atoms with Crippen LogP contribution in [0.3, 0.4) is 0 Å². The molecule has 5 rings (SSSR count). The number of terminal acetylenes is 2. The highest BCUT2D eigenvalue weighted by Crippen LogP contribution is 2.52. The molecule has 1 fully saturated rings. The lowest BCUT2D eigenvalue weighted by molar-refractivity contribution is -0.166. The summed E-state index contributed by atoms with van der Waals surface area (Å²) in [5.41, 5.74) is 1.87. The molecule has 2 bridgehead atoms. The van der Waals surface area contributed by atoms with Crippen molar-refractivity contribution in [2.75, 3.05) is 10.6 Å². The molecule has 6 unspecified atom stereocenters. The molecule has 0 saturated heterocycles. The minimum atomic E-state index is -1.30. The average molecular weight is 482 g/mol. The first-order valence-electron chi connectivity index (χ1n) is 11.1. The summed E-state index contributed by atoms with van der Waals surface area (Å²) in [6.45, 7) is 0. The predicted octanol–water partition coefficient (Wildman–Crippen LogP) is 2.68. The Morgan fingerprint density at radius 1 is 0.667 bits per heavy atom. The molecule has 8 heteroatoms. The van der Waals surface area contributed by atoms with Crippen LogP contribution in [0, 0.1) is 60.2 Å². The molecule has 2 aromatic carbocycles. The van der Waals surface area contributed by atoms with E-state index in [1.807, 2.05) is 0 Å². The minimum Gasteiger partial charge on any atom is -0.481 e. The normalized spacial score (nSPS) is 25.7. The lowest BCUT2D eigenvalue weighted by Crippen LogP contribution is -2.59. The van der Waals surface area contributed by atoms with E-state index < -0.39 is 59.3 Å². The van der Waals surface area contributed by atoms with Crippen LogP contribution in [0.15, 0.2) is 60.7 Å². The Labute approximate surface area is 207 Å². The number of hydrogen-bond acceptors (Lipinski definition) is 4. The van der Waals surface area contributed by atoms with Crippen molar-refractivity contribution in [1.82, 2.24) is 0 Å². The van der Waals surface area contributed by atoms with Crippen molar-refractivity contribution >= 4 is 35.1 Å². The highest BCUT2D eigenvalue weighted by atomic mass is 16.4. The third-order valence-corrected chi connectivity index (χ3v) is 6.78. The Morgan fingerprint density at radius 3 is 1.64 bits per heavy atom. The highest BCUT2D eigenvalue weighted by molar-refractivity contribution is 6.00. The molecule has 6 atom stereocenters. The number of fused-ring (bicyclic) bond motifs is 2. The van der Waals surface area contributed by atoms with E-state index in [0.29, 0.717) is 22.5 Å². The fraction of sp³-hybridized carbons (Fsp3) is 0.214. The van der Waals surface area contributed by atoms with Gasteiger partial charge in [0.1, 0.15) is 0 Å². The van der Waals surface area contributed by atoms with Gasteiger partial charge in [0.15, 0.2) is 0 Å². The Bertz CT molecular complexity index is 1350. The van der Waals surface area contributed by atoms with Crippen LogP contribution in [0.5, 0.6) is 0 Å².